The summed E-state index contributed by atoms with van der Waals surface area (Å²) in [6.45, 7) is 7.87. The predicted octanol–water partition coefficient (Wildman–Crippen LogP) is 1.70. The van der Waals surface area contributed by atoms with Gasteiger partial charge >= 0.3 is 0 Å². The maximum atomic E-state index is 5.95. The average Bonchev–Trinajstić information content (AvgIpc) is 3.02. The van der Waals surface area contributed by atoms with Crippen molar-refractivity contribution in [3.05, 3.63) is 47.5 Å². The largest absolute Gasteiger partial charge is 0.373 e. The quantitative estimate of drug-likeness (QED) is 0.348. The van der Waals surface area contributed by atoms with Crippen LogP contribution in [0.3, 0.4) is 0 Å². The Kier molecular flexibility index (Phi) is 9.31. The van der Waals surface area contributed by atoms with Crippen LogP contribution in [0.1, 0.15) is 24.1 Å². The van der Waals surface area contributed by atoms with Gasteiger partial charge in [-0.05, 0) is 26.5 Å². The molecule has 0 amide bonds. The summed E-state index contributed by atoms with van der Waals surface area (Å²) >= 11 is 0. The maximum absolute atomic E-state index is 5.95. The van der Waals surface area contributed by atoms with Crippen molar-refractivity contribution < 1.29 is 4.74 Å². The van der Waals surface area contributed by atoms with Crippen LogP contribution in [0.2, 0.25) is 0 Å². The molecule has 160 valence electrons. The molecule has 1 aromatic carbocycles. The summed E-state index contributed by atoms with van der Waals surface area (Å²) in [6.07, 6.45) is 0.125. The zero-order valence-electron chi connectivity index (χ0n) is 17.6. The van der Waals surface area contributed by atoms with Crippen molar-refractivity contribution in [1.82, 2.24) is 30.3 Å². The molecule has 0 bridgehead atoms. The topological polar surface area (TPSA) is 79.6 Å². The van der Waals surface area contributed by atoms with E-state index < -0.39 is 0 Å². The molecule has 1 aliphatic heterocycles. The monoisotopic (exact) mass is 513 g/mol. The minimum Gasteiger partial charge on any atom is -0.373 e. The highest BCUT2D eigenvalue weighted by atomic mass is 127. The summed E-state index contributed by atoms with van der Waals surface area (Å²) in [4.78, 5) is 7.06. The van der Waals surface area contributed by atoms with Crippen LogP contribution in [0.25, 0.3) is 0 Å². The van der Waals surface area contributed by atoms with E-state index in [1.54, 1.807) is 0 Å². The van der Waals surface area contributed by atoms with E-state index in [1.807, 2.05) is 36.7 Å². The Hall–Kier alpha value is -1.72. The number of guanidine groups is 1. The fourth-order valence-electron chi connectivity index (χ4n) is 3.10. The average molecular weight is 513 g/mol. The van der Waals surface area contributed by atoms with Crippen molar-refractivity contribution in [2.75, 3.05) is 26.7 Å². The van der Waals surface area contributed by atoms with Gasteiger partial charge in [0, 0.05) is 20.1 Å². The van der Waals surface area contributed by atoms with Crippen molar-refractivity contribution in [2.45, 2.75) is 39.1 Å². The molecule has 1 fully saturated rings. The fraction of sp³-hybridized carbons (Fsp3) is 0.550. The smallest absolute Gasteiger partial charge is 0.192 e. The summed E-state index contributed by atoms with van der Waals surface area (Å²) in [7, 11) is 4.09. The van der Waals surface area contributed by atoms with Gasteiger partial charge in [-0.3, -0.25) is 0 Å². The molecule has 1 saturated heterocycles. The number of aromatic nitrogens is 3. The SMILES string of the molecule is Cc1nnc(CNC(=NCc2ccccc2)NC(C)C2CN(C)CCO2)n1C.I. The van der Waals surface area contributed by atoms with Gasteiger partial charge in [0.15, 0.2) is 11.8 Å². The van der Waals surface area contributed by atoms with E-state index in [-0.39, 0.29) is 36.1 Å². The van der Waals surface area contributed by atoms with Gasteiger partial charge in [-0.2, -0.15) is 0 Å². The number of nitrogens with zero attached hydrogens (tertiary/aromatic N) is 5. The summed E-state index contributed by atoms with van der Waals surface area (Å²) in [5, 5.41) is 15.2. The normalized spacial score (nSPS) is 18.8. The number of rotatable bonds is 6. The van der Waals surface area contributed by atoms with E-state index in [0.29, 0.717) is 13.1 Å². The van der Waals surface area contributed by atoms with E-state index in [9.17, 15) is 0 Å². The van der Waals surface area contributed by atoms with Crippen LogP contribution >= 0.6 is 24.0 Å². The lowest BCUT2D eigenvalue weighted by Crippen LogP contribution is -2.53. The van der Waals surface area contributed by atoms with Gasteiger partial charge in [-0.25, -0.2) is 4.99 Å². The number of hydrogen-bond acceptors (Lipinski definition) is 5. The Morgan fingerprint density at radius 1 is 1.28 bits per heavy atom. The molecule has 29 heavy (non-hydrogen) atoms. The second kappa shape index (κ2) is 11.5. The number of halogens is 1. The molecule has 9 heteroatoms. The zero-order valence-corrected chi connectivity index (χ0v) is 20.0. The van der Waals surface area contributed by atoms with Crippen LogP contribution in [0.15, 0.2) is 35.3 Å². The van der Waals surface area contributed by atoms with Crippen LogP contribution in [0, 0.1) is 6.92 Å². The number of aliphatic imine (C=N–C) groups is 1. The maximum Gasteiger partial charge on any atom is 0.192 e. The summed E-state index contributed by atoms with van der Waals surface area (Å²) in [5.41, 5.74) is 1.17. The van der Waals surface area contributed by atoms with Gasteiger partial charge in [0.25, 0.3) is 0 Å². The van der Waals surface area contributed by atoms with E-state index in [1.165, 1.54) is 5.56 Å². The van der Waals surface area contributed by atoms with Crippen LogP contribution < -0.4 is 10.6 Å². The molecule has 1 aromatic heterocycles. The Labute approximate surface area is 190 Å². The highest BCUT2D eigenvalue weighted by molar-refractivity contribution is 14.0. The Balaban J connectivity index is 0.00000300. The lowest BCUT2D eigenvalue weighted by Gasteiger charge is -2.34. The molecular weight excluding hydrogens is 481 g/mol. The molecule has 2 unspecified atom stereocenters. The van der Waals surface area contributed by atoms with Crippen LogP contribution in [-0.4, -0.2) is 64.5 Å². The van der Waals surface area contributed by atoms with Crippen molar-refractivity contribution in [3.8, 4) is 0 Å². The van der Waals surface area contributed by atoms with Crippen molar-refractivity contribution in [1.29, 1.82) is 0 Å². The number of aryl methyl sites for hydroxylation is 1. The number of morpholine rings is 1. The number of nitrogens with one attached hydrogen (secondary N) is 2. The lowest BCUT2D eigenvalue weighted by atomic mass is 10.1. The molecular formula is C20H32IN7O. The summed E-state index contributed by atoms with van der Waals surface area (Å²) < 4.78 is 7.92. The molecule has 3 rings (SSSR count). The van der Waals surface area contributed by atoms with Crippen LogP contribution in [0.5, 0.6) is 0 Å². The van der Waals surface area contributed by atoms with E-state index >= 15 is 0 Å². The highest BCUT2D eigenvalue weighted by Crippen LogP contribution is 2.08. The molecule has 8 nitrogen and oxygen atoms in total. The molecule has 2 aromatic rings. The summed E-state index contributed by atoms with van der Waals surface area (Å²) in [6, 6.07) is 10.4. The first-order valence-corrected chi connectivity index (χ1v) is 9.76. The zero-order chi connectivity index (χ0) is 19.9. The third kappa shape index (κ3) is 6.93. The number of benzene rings is 1. The number of hydrogen-bond donors (Lipinski definition) is 2. The molecule has 0 saturated carbocycles. The van der Waals surface area contributed by atoms with E-state index in [4.69, 9.17) is 9.73 Å². The van der Waals surface area contributed by atoms with Crippen molar-refractivity contribution >= 4 is 29.9 Å². The predicted molar refractivity (Wildman–Crippen MR) is 125 cm³/mol. The second-order valence-electron chi connectivity index (χ2n) is 7.33. The van der Waals surface area contributed by atoms with Crippen LogP contribution in [0.4, 0.5) is 0 Å². The molecule has 1 aliphatic rings. The number of ether oxygens (including phenoxy) is 1. The van der Waals surface area contributed by atoms with E-state index in [2.05, 4.69) is 51.8 Å². The van der Waals surface area contributed by atoms with Gasteiger partial charge < -0.3 is 24.8 Å². The third-order valence-electron chi connectivity index (χ3n) is 5.08. The Morgan fingerprint density at radius 2 is 2.03 bits per heavy atom. The third-order valence-corrected chi connectivity index (χ3v) is 5.08. The first-order valence-electron chi connectivity index (χ1n) is 9.76. The van der Waals surface area contributed by atoms with E-state index in [0.717, 1.165) is 37.3 Å². The Bertz CT molecular complexity index is 780. The Morgan fingerprint density at radius 3 is 2.69 bits per heavy atom. The van der Waals surface area contributed by atoms with Crippen molar-refractivity contribution in [3.63, 3.8) is 0 Å². The first-order chi connectivity index (χ1) is 13.5. The van der Waals surface area contributed by atoms with Gasteiger partial charge in [0.05, 0.1) is 31.8 Å². The fourth-order valence-corrected chi connectivity index (χ4v) is 3.10. The minimum absolute atomic E-state index is 0. The lowest BCUT2D eigenvalue weighted by molar-refractivity contribution is -0.0324. The molecule has 0 spiro atoms. The summed E-state index contributed by atoms with van der Waals surface area (Å²) in [5.74, 6) is 2.50. The first kappa shape index (κ1) is 23.6. The standard InChI is InChI=1S/C20H31N7O.HI/c1-15(18-14-26(3)10-11-28-18)23-20(21-12-17-8-6-5-7-9-17)22-13-19-25-24-16(2)27(19)4;/h5-9,15,18H,10-14H2,1-4H3,(H2,21,22,23);1H. The molecule has 2 heterocycles. The second-order valence-corrected chi connectivity index (χ2v) is 7.33. The molecule has 0 radical (unpaired) electrons. The van der Waals surface area contributed by atoms with Gasteiger partial charge in [-0.15, -0.1) is 34.2 Å². The van der Waals surface area contributed by atoms with Crippen LogP contribution in [-0.2, 0) is 24.9 Å². The number of likely N-dealkylation sites (N-methyl/N-ethyl adjacent to an activating group) is 1. The van der Waals surface area contributed by atoms with Gasteiger partial charge in [0.1, 0.15) is 5.82 Å². The molecule has 2 atom stereocenters. The van der Waals surface area contributed by atoms with Gasteiger partial charge in [0.2, 0.25) is 0 Å². The minimum atomic E-state index is 0. The highest BCUT2D eigenvalue weighted by Gasteiger charge is 2.24. The van der Waals surface area contributed by atoms with Gasteiger partial charge in [-0.1, -0.05) is 30.3 Å². The van der Waals surface area contributed by atoms with Crippen molar-refractivity contribution in [2.24, 2.45) is 12.0 Å². The molecule has 2 N–H and O–H groups in total. The molecule has 0 aliphatic carbocycles.